The van der Waals surface area contributed by atoms with Crippen LogP contribution in [0.4, 0.5) is 0 Å². The van der Waals surface area contributed by atoms with Crippen LogP contribution in [0.2, 0.25) is 0 Å². The zero-order valence-electron chi connectivity index (χ0n) is 17.6. The highest BCUT2D eigenvalue weighted by Crippen LogP contribution is 2.37. The average Bonchev–Trinajstić information content (AvgIpc) is 3.31. The maximum absolute atomic E-state index is 12.9. The molecule has 31 heavy (non-hydrogen) atoms. The van der Waals surface area contributed by atoms with Gasteiger partial charge in [0.15, 0.2) is 5.82 Å². The van der Waals surface area contributed by atoms with Crippen molar-refractivity contribution in [1.29, 1.82) is 5.26 Å². The van der Waals surface area contributed by atoms with E-state index in [4.69, 9.17) is 9.47 Å². The van der Waals surface area contributed by atoms with Gasteiger partial charge in [0.05, 0.1) is 17.6 Å². The Balaban J connectivity index is 1.62. The quantitative estimate of drug-likeness (QED) is 0.605. The van der Waals surface area contributed by atoms with E-state index >= 15 is 0 Å². The van der Waals surface area contributed by atoms with Crippen molar-refractivity contribution in [2.24, 2.45) is 0 Å². The first-order chi connectivity index (χ1) is 15.1. The molecule has 0 saturated heterocycles. The molecule has 1 aliphatic carbocycles. The van der Waals surface area contributed by atoms with Crippen molar-refractivity contribution < 1.29 is 9.47 Å². The summed E-state index contributed by atoms with van der Waals surface area (Å²) in [6.07, 6.45) is 6.83. The van der Waals surface area contributed by atoms with Gasteiger partial charge < -0.3 is 14.5 Å². The highest BCUT2D eigenvalue weighted by Gasteiger charge is 2.23. The molecular formula is C24H23N3O3S. The second-order valence-electron chi connectivity index (χ2n) is 8.04. The molecule has 6 nitrogen and oxygen atoms in total. The first kappa shape index (κ1) is 19.8. The number of H-pyrrole nitrogens is 1. The highest BCUT2D eigenvalue weighted by atomic mass is 32.1. The molecule has 0 spiro atoms. The lowest BCUT2D eigenvalue weighted by molar-refractivity contribution is 0.254. The van der Waals surface area contributed by atoms with Crippen LogP contribution in [-0.4, -0.2) is 22.7 Å². The van der Waals surface area contributed by atoms with E-state index in [2.05, 4.69) is 16.0 Å². The molecule has 3 heterocycles. The van der Waals surface area contributed by atoms with Crippen LogP contribution in [0.1, 0.15) is 54.1 Å². The van der Waals surface area contributed by atoms with Crippen LogP contribution in [0.5, 0.6) is 11.5 Å². The summed E-state index contributed by atoms with van der Waals surface area (Å²) in [5.41, 5.74) is 3.09. The molecule has 5 rings (SSSR count). The number of thiophene rings is 1. The van der Waals surface area contributed by atoms with Gasteiger partial charge in [-0.2, -0.15) is 5.26 Å². The number of aryl methyl sites for hydroxylation is 2. The molecule has 0 fully saturated rings. The lowest BCUT2D eigenvalue weighted by atomic mass is 9.97. The van der Waals surface area contributed by atoms with E-state index < -0.39 is 0 Å². The molecule has 2 aromatic heterocycles. The Hall–Kier alpha value is -3.11. The maximum Gasteiger partial charge on any atom is 0.260 e. The van der Waals surface area contributed by atoms with Gasteiger partial charge in [-0.15, -0.1) is 11.3 Å². The Kier molecular flexibility index (Phi) is 5.03. The van der Waals surface area contributed by atoms with Gasteiger partial charge in [-0.05, 0) is 63.3 Å². The number of nitrogens with one attached hydrogen (secondary N) is 1. The zero-order valence-corrected chi connectivity index (χ0v) is 18.4. The average molecular weight is 434 g/mol. The van der Waals surface area contributed by atoms with Crippen molar-refractivity contribution in [1.82, 2.24) is 9.97 Å². The van der Waals surface area contributed by atoms with E-state index in [0.717, 1.165) is 54.5 Å². The first-order valence-electron chi connectivity index (χ1n) is 10.7. The lowest BCUT2D eigenvalue weighted by Crippen LogP contribution is -2.12. The summed E-state index contributed by atoms with van der Waals surface area (Å²) in [5, 5.41) is 10.6. The SMILES string of the molecule is CCOc1cc2c(cc1/C=C(\C#N)c1nc3sc4c(c3c(=O)[nH]1)CCCC4)O[C@@H](C)C2. The number of fused-ring (bicyclic) bond motifs is 4. The molecular weight excluding hydrogens is 410 g/mol. The second kappa shape index (κ2) is 7.86. The van der Waals surface area contributed by atoms with E-state index in [1.165, 1.54) is 4.88 Å². The molecule has 7 heteroatoms. The van der Waals surface area contributed by atoms with Gasteiger partial charge in [0.25, 0.3) is 5.56 Å². The monoisotopic (exact) mass is 433 g/mol. The minimum Gasteiger partial charge on any atom is -0.493 e. The third-order valence-electron chi connectivity index (χ3n) is 5.83. The molecule has 1 N–H and O–H groups in total. The van der Waals surface area contributed by atoms with Crippen LogP contribution in [-0.2, 0) is 19.3 Å². The Morgan fingerprint density at radius 1 is 1.42 bits per heavy atom. The number of ether oxygens (including phenoxy) is 2. The van der Waals surface area contributed by atoms with Crippen molar-refractivity contribution in [2.75, 3.05) is 6.61 Å². The number of aromatic amines is 1. The number of benzene rings is 1. The molecule has 1 atom stereocenters. The van der Waals surface area contributed by atoms with Gasteiger partial charge in [-0.25, -0.2) is 4.98 Å². The number of nitriles is 1. The smallest absolute Gasteiger partial charge is 0.260 e. The lowest BCUT2D eigenvalue weighted by Gasteiger charge is -2.11. The van der Waals surface area contributed by atoms with Gasteiger partial charge in [-0.1, -0.05) is 0 Å². The van der Waals surface area contributed by atoms with E-state index in [1.54, 1.807) is 17.4 Å². The maximum atomic E-state index is 12.9. The molecule has 3 aromatic rings. The number of hydrogen-bond donors (Lipinski definition) is 1. The standard InChI is InChI=1S/C24H23N3O3S/c1-3-29-18-10-14-8-13(2)30-19(14)11-15(18)9-16(12-25)22-26-23(28)21-17-6-4-5-7-20(17)31-24(21)27-22/h9-11,13H,3-8H2,1-2H3,(H,26,27,28)/b16-9+/t13-/m0/s1. The topological polar surface area (TPSA) is 88.0 Å². The fraction of sp³-hybridized carbons (Fsp3) is 0.375. The van der Waals surface area contributed by atoms with E-state index in [9.17, 15) is 10.1 Å². The van der Waals surface area contributed by atoms with Crippen LogP contribution >= 0.6 is 11.3 Å². The van der Waals surface area contributed by atoms with Crippen LogP contribution in [0.15, 0.2) is 16.9 Å². The number of allylic oxidation sites excluding steroid dienone is 1. The van der Waals surface area contributed by atoms with Crippen LogP contribution < -0.4 is 15.0 Å². The van der Waals surface area contributed by atoms with Crippen molar-refractivity contribution >= 4 is 33.2 Å². The van der Waals surface area contributed by atoms with Crippen molar-refractivity contribution in [3.05, 3.63) is 49.9 Å². The van der Waals surface area contributed by atoms with Gasteiger partial charge in [0, 0.05) is 22.4 Å². The zero-order chi connectivity index (χ0) is 21.5. The molecule has 0 radical (unpaired) electrons. The summed E-state index contributed by atoms with van der Waals surface area (Å²) >= 11 is 1.58. The van der Waals surface area contributed by atoms with Crippen molar-refractivity contribution in [2.45, 2.75) is 52.1 Å². The van der Waals surface area contributed by atoms with Crippen LogP contribution in [0, 0.1) is 11.3 Å². The number of hydrogen-bond acceptors (Lipinski definition) is 6. The Labute approximate surface area is 184 Å². The molecule has 2 aliphatic rings. The highest BCUT2D eigenvalue weighted by molar-refractivity contribution is 7.18. The number of aromatic nitrogens is 2. The molecule has 158 valence electrons. The largest absolute Gasteiger partial charge is 0.493 e. The second-order valence-corrected chi connectivity index (χ2v) is 9.12. The third kappa shape index (κ3) is 3.51. The summed E-state index contributed by atoms with van der Waals surface area (Å²) in [5.74, 6) is 1.79. The van der Waals surface area contributed by atoms with E-state index in [0.29, 0.717) is 22.6 Å². The van der Waals surface area contributed by atoms with Crippen LogP contribution in [0.25, 0.3) is 21.9 Å². The first-order valence-corrected chi connectivity index (χ1v) is 11.5. The van der Waals surface area contributed by atoms with Crippen molar-refractivity contribution in [3.8, 4) is 17.6 Å². The minimum atomic E-state index is -0.170. The third-order valence-corrected chi connectivity index (χ3v) is 7.01. The van der Waals surface area contributed by atoms with Crippen molar-refractivity contribution in [3.63, 3.8) is 0 Å². The summed E-state index contributed by atoms with van der Waals surface area (Å²) in [6.45, 7) is 4.47. The molecule has 0 saturated carbocycles. The summed E-state index contributed by atoms with van der Waals surface area (Å²) in [4.78, 5) is 22.4. The van der Waals surface area contributed by atoms with Crippen LogP contribution in [0.3, 0.4) is 0 Å². The van der Waals surface area contributed by atoms with Gasteiger partial charge in [0.1, 0.15) is 28.5 Å². The molecule has 1 aliphatic heterocycles. The Morgan fingerprint density at radius 3 is 3.06 bits per heavy atom. The molecule has 0 amide bonds. The number of rotatable bonds is 4. The van der Waals surface area contributed by atoms with E-state index in [-0.39, 0.29) is 23.1 Å². The fourth-order valence-electron chi connectivity index (χ4n) is 4.45. The Morgan fingerprint density at radius 2 is 2.26 bits per heavy atom. The van der Waals surface area contributed by atoms with Gasteiger partial charge in [0.2, 0.25) is 0 Å². The summed E-state index contributed by atoms with van der Waals surface area (Å²) < 4.78 is 11.7. The summed E-state index contributed by atoms with van der Waals surface area (Å²) in [6, 6.07) is 6.09. The molecule has 1 aromatic carbocycles. The summed E-state index contributed by atoms with van der Waals surface area (Å²) in [7, 11) is 0. The predicted molar refractivity (Wildman–Crippen MR) is 122 cm³/mol. The minimum absolute atomic E-state index is 0.115. The van der Waals surface area contributed by atoms with Gasteiger partial charge >= 0.3 is 0 Å². The Bertz CT molecular complexity index is 1310. The van der Waals surface area contributed by atoms with Gasteiger partial charge in [-0.3, -0.25) is 4.79 Å². The number of nitrogens with zero attached hydrogens (tertiary/aromatic N) is 2. The fourth-order valence-corrected chi connectivity index (χ4v) is 5.71. The normalized spacial score (nSPS) is 17.7. The van der Waals surface area contributed by atoms with E-state index in [1.807, 2.05) is 26.0 Å². The molecule has 0 unspecified atom stereocenters. The predicted octanol–water partition coefficient (Wildman–Crippen LogP) is 4.65. The molecule has 0 bridgehead atoms.